The van der Waals surface area contributed by atoms with Gasteiger partial charge in [0, 0.05) is 5.38 Å². The van der Waals surface area contributed by atoms with Crippen molar-refractivity contribution < 1.29 is 19.0 Å². The van der Waals surface area contributed by atoms with Crippen LogP contribution in [0.15, 0.2) is 22.6 Å². The number of nitrogens with one attached hydrogen (secondary N) is 1. The minimum atomic E-state index is -0.417. The summed E-state index contributed by atoms with van der Waals surface area (Å²) in [6.45, 7) is 6.19. The molecule has 0 unspecified atom stereocenters. The van der Waals surface area contributed by atoms with Gasteiger partial charge in [0.2, 0.25) is 5.13 Å². The van der Waals surface area contributed by atoms with E-state index < -0.39 is 5.97 Å². The molecule has 0 amide bonds. The van der Waals surface area contributed by atoms with Gasteiger partial charge >= 0.3 is 5.97 Å². The number of hydrogen-bond acceptors (Lipinski definition) is 8. The van der Waals surface area contributed by atoms with Crippen molar-refractivity contribution in [1.29, 1.82) is 0 Å². The second-order valence-electron chi connectivity index (χ2n) is 5.02. The number of hydrogen-bond donors (Lipinski definition) is 1. The Morgan fingerprint density at radius 3 is 2.81 bits per heavy atom. The molecule has 0 bridgehead atoms. The molecule has 0 saturated carbocycles. The van der Waals surface area contributed by atoms with E-state index in [-0.39, 0.29) is 6.61 Å². The molecule has 1 N–H and O–H groups in total. The maximum Gasteiger partial charge on any atom is 0.344 e. The number of carbonyl (C=O) groups is 1. The van der Waals surface area contributed by atoms with E-state index in [1.165, 1.54) is 11.3 Å². The first kappa shape index (κ1) is 20.4. The van der Waals surface area contributed by atoms with Gasteiger partial charge in [0.15, 0.2) is 18.1 Å². The molecule has 26 heavy (non-hydrogen) atoms. The van der Waals surface area contributed by atoms with Gasteiger partial charge in [-0.05, 0) is 61.1 Å². The molecule has 7 nitrogen and oxygen atoms in total. The molecule has 0 aliphatic heterocycles. The fourth-order valence-corrected chi connectivity index (χ4v) is 3.38. The van der Waals surface area contributed by atoms with E-state index in [2.05, 4.69) is 38.1 Å². The number of esters is 1. The number of rotatable bonds is 9. The van der Waals surface area contributed by atoms with Gasteiger partial charge in [-0.3, -0.25) is 5.43 Å². The van der Waals surface area contributed by atoms with Crippen molar-refractivity contribution >= 4 is 51.2 Å². The van der Waals surface area contributed by atoms with E-state index >= 15 is 0 Å². The summed E-state index contributed by atoms with van der Waals surface area (Å²) in [6, 6.07) is 3.70. The minimum Gasteiger partial charge on any atom is -0.490 e. The van der Waals surface area contributed by atoms with E-state index in [4.69, 9.17) is 14.2 Å². The van der Waals surface area contributed by atoms with E-state index in [0.29, 0.717) is 24.7 Å². The first-order chi connectivity index (χ1) is 12.5. The van der Waals surface area contributed by atoms with Crippen LogP contribution in [0, 0.1) is 10.5 Å². The number of thiazole rings is 1. The summed E-state index contributed by atoms with van der Waals surface area (Å²) in [5.74, 6) is 0.649. The monoisotopic (exact) mass is 489 g/mol. The summed E-state index contributed by atoms with van der Waals surface area (Å²) in [6.07, 6.45) is 1.68. The Labute approximate surface area is 169 Å². The van der Waals surface area contributed by atoms with Crippen LogP contribution in [0.25, 0.3) is 0 Å². The lowest BCUT2D eigenvalue weighted by atomic mass is 10.2. The Kier molecular flexibility index (Phi) is 8.10. The molecule has 1 aromatic heterocycles. The molecular formula is C17H20IN3O4S. The Balaban J connectivity index is 2.12. The van der Waals surface area contributed by atoms with Crippen LogP contribution in [0.3, 0.4) is 0 Å². The first-order valence-corrected chi connectivity index (χ1v) is 9.95. The number of carbonyl (C=O) groups excluding carboxylic acids is 1. The Bertz CT molecular complexity index is 779. The molecular weight excluding hydrogens is 469 g/mol. The molecule has 1 heterocycles. The summed E-state index contributed by atoms with van der Waals surface area (Å²) in [5, 5.41) is 6.87. The fraction of sp³-hybridized carbons (Fsp3) is 0.353. The third-order valence-corrected chi connectivity index (χ3v) is 4.63. The minimum absolute atomic E-state index is 0.164. The maximum absolute atomic E-state index is 11.5. The number of nitrogens with zero attached hydrogens (tertiary/aromatic N) is 2. The lowest BCUT2D eigenvalue weighted by molar-refractivity contribution is -0.145. The first-order valence-electron chi connectivity index (χ1n) is 7.99. The Hall–Kier alpha value is -1.88. The molecule has 0 spiro atoms. The van der Waals surface area contributed by atoms with E-state index in [0.717, 1.165) is 20.0 Å². The number of ether oxygens (including phenoxy) is 3. The molecule has 0 radical (unpaired) electrons. The summed E-state index contributed by atoms with van der Waals surface area (Å²) in [4.78, 5) is 15.8. The lowest BCUT2D eigenvalue weighted by Crippen LogP contribution is -2.15. The highest BCUT2D eigenvalue weighted by molar-refractivity contribution is 14.1. The second-order valence-corrected chi connectivity index (χ2v) is 7.04. The van der Waals surface area contributed by atoms with Crippen molar-refractivity contribution in [2.75, 3.05) is 25.2 Å². The van der Waals surface area contributed by atoms with Gasteiger partial charge in [-0.2, -0.15) is 5.10 Å². The number of hydrazone groups is 1. The maximum atomic E-state index is 11.5. The molecule has 1 aromatic carbocycles. The van der Waals surface area contributed by atoms with Gasteiger partial charge in [0.1, 0.15) is 0 Å². The quantitative estimate of drug-likeness (QED) is 0.250. The summed E-state index contributed by atoms with van der Waals surface area (Å²) in [7, 11) is 0. The van der Waals surface area contributed by atoms with Crippen LogP contribution in [-0.2, 0) is 9.53 Å². The van der Waals surface area contributed by atoms with Crippen molar-refractivity contribution in [3.63, 3.8) is 0 Å². The van der Waals surface area contributed by atoms with Crippen molar-refractivity contribution in [3.05, 3.63) is 32.3 Å². The average molecular weight is 489 g/mol. The van der Waals surface area contributed by atoms with Crippen molar-refractivity contribution in [3.8, 4) is 11.5 Å². The van der Waals surface area contributed by atoms with Crippen LogP contribution < -0.4 is 14.9 Å². The molecule has 140 valence electrons. The highest BCUT2D eigenvalue weighted by atomic mass is 127. The second kappa shape index (κ2) is 10.3. The Morgan fingerprint density at radius 2 is 2.15 bits per heavy atom. The predicted octanol–water partition coefficient (Wildman–Crippen LogP) is 3.84. The number of anilines is 1. The van der Waals surface area contributed by atoms with E-state index in [1.54, 1.807) is 13.1 Å². The molecule has 0 atom stereocenters. The summed E-state index contributed by atoms with van der Waals surface area (Å²) >= 11 is 3.63. The fourth-order valence-electron chi connectivity index (χ4n) is 1.97. The smallest absolute Gasteiger partial charge is 0.344 e. The van der Waals surface area contributed by atoms with Crippen LogP contribution in [-0.4, -0.2) is 37.0 Å². The standard InChI is InChI=1S/C17H20IN3O4S/c1-4-23-14-7-12(8-19-21-17-20-11(3)10-26-17)6-13(18)16(14)25-9-15(22)24-5-2/h6-8,10H,4-5,9H2,1-3H3,(H,20,21). The highest BCUT2D eigenvalue weighted by Crippen LogP contribution is 2.34. The summed E-state index contributed by atoms with van der Waals surface area (Å²) in [5.41, 5.74) is 4.68. The topological polar surface area (TPSA) is 82.0 Å². The van der Waals surface area contributed by atoms with Crippen LogP contribution in [0.2, 0.25) is 0 Å². The number of halogens is 1. The molecule has 2 rings (SSSR count). The molecule has 0 fully saturated rings. The zero-order valence-electron chi connectivity index (χ0n) is 14.7. The van der Waals surface area contributed by atoms with E-state index in [9.17, 15) is 4.79 Å². The number of benzene rings is 1. The van der Waals surface area contributed by atoms with Crippen molar-refractivity contribution in [1.82, 2.24) is 4.98 Å². The molecule has 9 heteroatoms. The predicted molar refractivity (Wildman–Crippen MR) is 111 cm³/mol. The van der Waals surface area contributed by atoms with Gasteiger partial charge in [0.25, 0.3) is 0 Å². The van der Waals surface area contributed by atoms with Crippen LogP contribution in [0.5, 0.6) is 11.5 Å². The molecule has 0 saturated heterocycles. The van der Waals surface area contributed by atoms with Crippen LogP contribution in [0.4, 0.5) is 5.13 Å². The summed E-state index contributed by atoms with van der Waals surface area (Å²) < 4.78 is 16.9. The average Bonchev–Trinajstić information content (AvgIpc) is 3.00. The lowest BCUT2D eigenvalue weighted by Gasteiger charge is -2.14. The number of aromatic nitrogens is 1. The Morgan fingerprint density at radius 1 is 1.35 bits per heavy atom. The van der Waals surface area contributed by atoms with E-state index in [1.807, 2.05) is 31.4 Å². The SMILES string of the molecule is CCOC(=O)COc1c(I)cc(C=NNc2nc(C)cs2)cc1OCC. The van der Waals surface area contributed by atoms with Gasteiger partial charge in [-0.1, -0.05) is 0 Å². The zero-order chi connectivity index (χ0) is 18.9. The molecule has 0 aliphatic carbocycles. The van der Waals surface area contributed by atoms with Gasteiger partial charge in [-0.25, -0.2) is 9.78 Å². The molecule has 0 aliphatic rings. The van der Waals surface area contributed by atoms with Crippen LogP contribution in [0.1, 0.15) is 25.1 Å². The van der Waals surface area contributed by atoms with Crippen LogP contribution >= 0.6 is 33.9 Å². The third kappa shape index (κ3) is 6.13. The third-order valence-electron chi connectivity index (χ3n) is 2.96. The zero-order valence-corrected chi connectivity index (χ0v) is 17.7. The van der Waals surface area contributed by atoms with Gasteiger partial charge < -0.3 is 14.2 Å². The highest BCUT2D eigenvalue weighted by Gasteiger charge is 2.14. The largest absolute Gasteiger partial charge is 0.490 e. The normalized spacial score (nSPS) is 10.8. The van der Waals surface area contributed by atoms with Gasteiger partial charge in [-0.15, -0.1) is 11.3 Å². The van der Waals surface area contributed by atoms with Crippen molar-refractivity contribution in [2.24, 2.45) is 5.10 Å². The van der Waals surface area contributed by atoms with Crippen molar-refractivity contribution in [2.45, 2.75) is 20.8 Å². The molecule has 2 aromatic rings. The number of aryl methyl sites for hydroxylation is 1. The van der Waals surface area contributed by atoms with Gasteiger partial charge in [0.05, 0.1) is 28.7 Å².